The van der Waals surface area contributed by atoms with Gasteiger partial charge >= 0.3 is 12.1 Å². The fourth-order valence-corrected chi connectivity index (χ4v) is 5.63. The Kier molecular flexibility index (Phi) is 9.41. The number of carbonyl (C=O) groups is 1. The van der Waals surface area contributed by atoms with Gasteiger partial charge in [0.2, 0.25) is 0 Å². The number of aliphatic carboxylic acids is 1. The maximum absolute atomic E-state index is 14.1. The number of carboxylic acid groups (broad SMARTS) is 1. The van der Waals surface area contributed by atoms with E-state index < -0.39 is 23.2 Å². The minimum Gasteiger partial charge on any atom is -0.494 e. The summed E-state index contributed by atoms with van der Waals surface area (Å²) in [5.74, 6) is -0.374. The topological polar surface area (TPSA) is 49.8 Å². The lowest BCUT2D eigenvalue weighted by Gasteiger charge is -2.47. The fourth-order valence-electron chi connectivity index (χ4n) is 5.26. The van der Waals surface area contributed by atoms with Gasteiger partial charge in [-0.15, -0.1) is 0 Å². The highest BCUT2D eigenvalue weighted by Gasteiger charge is 2.45. The van der Waals surface area contributed by atoms with E-state index in [0.29, 0.717) is 29.9 Å². The second-order valence-electron chi connectivity index (χ2n) is 9.92. The van der Waals surface area contributed by atoms with Crippen molar-refractivity contribution < 1.29 is 27.8 Å². The van der Waals surface area contributed by atoms with Gasteiger partial charge < -0.3 is 9.84 Å². The van der Waals surface area contributed by atoms with Crippen molar-refractivity contribution in [2.75, 3.05) is 13.7 Å². The number of hydrogen-bond donors (Lipinski definition) is 1. The third-order valence-electron chi connectivity index (χ3n) is 7.33. The maximum atomic E-state index is 14.1. The van der Waals surface area contributed by atoms with E-state index in [0.717, 1.165) is 17.2 Å². The van der Waals surface area contributed by atoms with Gasteiger partial charge in [-0.25, -0.2) is 0 Å². The molecule has 0 heterocycles. The van der Waals surface area contributed by atoms with Crippen molar-refractivity contribution in [3.63, 3.8) is 0 Å². The Labute approximate surface area is 243 Å². The molecule has 0 spiro atoms. The smallest absolute Gasteiger partial charge is 0.417 e. The molecule has 0 aromatic heterocycles. The quantitative estimate of drug-likeness (QED) is 0.182. The van der Waals surface area contributed by atoms with Gasteiger partial charge in [-0.05, 0) is 55.3 Å². The predicted molar refractivity (Wildman–Crippen MR) is 154 cm³/mol. The van der Waals surface area contributed by atoms with E-state index in [-0.39, 0.29) is 17.5 Å². The van der Waals surface area contributed by atoms with E-state index in [1.807, 2.05) is 79.5 Å². The molecule has 214 valence electrons. The molecule has 1 atom stereocenters. The summed E-state index contributed by atoms with van der Waals surface area (Å²) in [7, 11) is 1.88. The highest BCUT2D eigenvalue weighted by Crippen LogP contribution is 2.48. The van der Waals surface area contributed by atoms with Crippen LogP contribution in [0.3, 0.4) is 0 Å². The summed E-state index contributed by atoms with van der Waals surface area (Å²) < 4.78 is 48.2. The molecule has 0 fully saturated rings. The van der Waals surface area contributed by atoms with Crippen molar-refractivity contribution in [2.45, 2.75) is 37.5 Å². The molecule has 4 aromatic rings. The minimum absolute atomic E-state index is 0.106. The fraction of sp³-hybridized carbons (Fsp3) is 0.242. The second kappa shape index (κ2) is 12.8. The van der Waals surface area contributed by atoms with Gasteiger partial charge in [-0.2, -0.15) is 13.2 Å². The summed E-state index contributed by atoms with van der Waals surface area (Å²) in [4.78, 5) is 13.1. The molecule has 4 rings (SSSR count). The number of carboxylic acids is 1. The summed E-state index contributed by atoms with van der Waals surface area (Å²) >= 11 is 6.65. The number of benzene rings is 4. The molecule has 0 aliphatic heterocycles. The molecule has 1 N–H and O–H groups in total. The van der Waals surface area contributed by atoms with Crippen molar-refractivity contribution in [1.29, 1.82) is 0 Å². The number of rotatable bonds is 11. The number of alkyl halides is 3. The number of hydrogen-bond acceptors (Lipinski definition) is 3. The largest absolute Gasteiger partial charge is 0.494 e. The first-order valence-electron chi connectivity index (χ1n) is 13.2. The van der Waals surface area contributed by atoms with Crippen LogP contribution in [0.5, 0.6) is 5.75 Å². The number of halogens is 4. The summed E-state index contributed by atoms with van der Waals surface area (Å²) in [5.41, 5.74) is 0.433. The SMILES string of the molecule is C[C@H](CCOc1cccc(CC(=O)O)c1)N(C)C(c1ccccc1)(c1ccccc1)c1cccc(C(F)(F)F)c1Cl. The van der Waals surface area contributed by atoms with E-state index in [1.54, 1.807) is 30.3 Å². The predicted octanol–water partition coefficient (Wildman–Crippen LogP) is 8.07. The lowest BCUT2D eigenvalue weighted by molar-refractivity contribution is -0.138. The molecule has 0 radical (unpaired) electrons. The Hall–Kier alpha value is -3.81. The zero-order chi connectivity index (χ0) is 29.6. The molecular formula is C33H31ClF3NO3. The second-order valence-corrected chi connectivity index (χ2v) is 10.3. The molecule has 0 aliphatic carbocycles. The molecule has 41 heavy (non-hydrogen) atoms. The van der Waals surface area contributed by atoms with E-state index >= 15 is 0 Å². The maximum Gasteiger partial charge on any atom is 0.417 e. The van der Waals surface area contributed by atoms with E-state index in [4.69, 9.17) is 21.4 Å². The molecule has 4 aromatic carbocycles. The molecule has 0 saturated heterocycles. The zero-order valence-corrected chi connectivity index (χ0v) is 23.5. The first-order chi connectivity index (χ1) is 19.5. The van der Waals surface area contributed by atoms with Gasteiger partial charge in [-0.1, -0.05) is 96.5 Å². The lowest BCUT2D eigenvalue weighted by Crippen LogP contribution is -2.50. The van der Waals surface area contributed by atoms with Crippen LogP contribution in [0.15, 0.2) is 103 Å². The zero-order valence-electron chi connectivity index (χ0n) is 22.7. The Morgan fingerprint density at radius 1 is 0.878 bits per heavy atom. The third kappa shape index (κ3) is 6.58. The number of ether oxygens (including phenoxy) is 1. The van der Waals surface area contributed by atoms with E-state index in [1.165, 1.54) is 6.07 Å². The van der Waals surface area contributed by atoms with Crippen LogP contribution in [0.1, 0.15) is 41.2 Å². The Morgan fingerprint density at radius 3 is 2.00 bits per heavy atom. The number of nitrogens with zero attached hydrogens (tertiary/aromatic N) is 1. The van der Waals surface area contributed by atoms with Crippen LogP contribution in [-0.4, -0.2) is 35.7 Å². The van der Waals surface area contributed by atoms with Gasteiger partial charge in [0.05, 0.1) is 29.2 Å². The average molecular weight is 582 g/mol. The van der Waals surface area contributed by atoms with Crippen molar-refractivity contribution in [3.8, 4) is 5.75 Å². The monoisotopic (exact) mass is 581 g/mol. The molecule has 8 heteroatoms. The van der Waals surface area contributed by atoms with Crippen LogP contribution < -0.4 is 4.74 Å². The van der Waals surface area contributed by atoms with Crippen LogP contribution in [0.25, 0.3) is 0 Å². The van der Waals surface area contributed by atoms with Crippen LogP contribution in [-0.2, 0) is 22.9 Å². The van der Waals surface area contributed by atoms with Gasteiger partial charge in [-0.3, -0.25) is 9.69 Å². The molecular weight excluding hydrogens is 551 g/mol. The summed E-state index contributed by atoms with van der Waals surface area (Å²) in [6.07, 6.45) is -4.21. The third-order valence-corrected chi connectivity index (χ3v) is 7.73. The van der Waals surface area contributed by atoms with Crippen LogP contribution in [0.2, 0.25) is 5.02 Å². The molecule has 0 unspecified atom stereocenters. The highest BCUT2D eigenvalue weighted by atomic mass is 35.5. The Balaban J connectivity index is 1.76. The molecule has 4 nitrogen and oxygen atoms in total. The van der Waals surface area contributed by atoms with E-state index in [2.05, 4.69) is 0 Å². The lowest BCUT2D eigenvalue weighted by atomic mass is 9.74. The van der Waals surface area contributed by atoms with E-state index in [9.17, 15) is 18.0 Å². The summed E-state index contributed by atoms with van der Waals surface area (Å²) in [6, 6.07) is 29.6. The first-order valence-corrected chi connectivity index (χ1v) is 13.6. The van der Waals surface area contributed by atoms with Crippen LogP contribution >= 0.6 is 11.6 Å². The first kappa shape index (κ1) is 30.2. The van der Waals surface area contributed by atoms with Crippen molar-refractivity contribution in [1.82, 2.24) is 4.90 Å². The molecule has 0 saturated carbocycles. The van der Waals surface area contributed by atoms with Crippen molar-refractivity contribution >= 4 is 17.6 Å². The summed E-state index contributed by atoms with van der Waals surface area (Å²) in [5, 5.41) is 8.74. The van der Waals surface area contributed by atoms with Gasteiger partial charge in [0.15, 0.2) is 0 Å². The minimum atomic E-state index is -4.63. The normalized spacial score (nSPS) is 12.8. The summed E-state index contributed by atoms with van der Waals surface area (Å²) in [6.45, 7) is 2.30. The van der Waals surface area contributed by atoms with Crippen LogP contribution in [0.4, 0.5) is 13.2 Å². The molecule has 0 amide bonds. The Morgan fingerprint density at radius 2 is 1.44 bits per heavy atom. The Bertz CT molecular complexity index is 1420. The molecule has 0 bridgehead atoms. The van der Waals surface area contributed by atoms with Gasteiger partial charge in [0, 0.05) is 11.6 Å². The van der Waals surface area contributed by atoms with Crippen molar-refractivity contribution in [2.24, 2.45) is 0 Å². The van der Waals surface area contributed by atoms with Crippen molar-refractivity contribution in [3.05, 3.63) is 136 Å². The standard InChI is InChI=1S/C33H31ClF3NO3/c1-23(19-20-41-27-16-9-11-24(21-27)22-30(39)40)38(2)32(25-12-5-3-6-13-25,26-14-7-4-8-15-26)28-17-10-18-29(31(28)34)33(35,36)37/h3-18,21,23H,19-20,22H2,1-2H3,(H,39,40)/t23-/m1/s1. The molecule has 0 aliphatic rings. The van der Waals surface area contributed by atoms with Gasteiger partial charge in [0.25, 0.3) is 0 Å². The highest BCUT2D eigenvalue weighted by molar-refractivity contribution is 6.32. The van der Waals surface area contributed by atoms with Gasteiger partial charge in [0.1, 0.15) is 5.75 Å². The average Bonchev–Trinajstić information content (AvgIpc) is 2.94. The van der Waals surface area contributed by atoms with Crippen LogP contribution in [0, 0.1) is 0 Å².